The van der Waals surface area contributed by atoms with Gasteiger partial charge in [-0.25, -0.2) is 0 Å². The zero-order chi connectivity index (χ0) is 16.2. The smallest absolute Gasteiger partial charge is 0.255 e. The van der Waals surface area contributed by atoms with E-state index in [0.717, 1.165) is 31.9 Å². The number of carbonyl (C=O) groups excluding carboxylic acids is 1. The zero-order valence-electron chi connectivity index (χ0n) is 13.1. The van der Waals surface area contributed by atoms with Gasteiger partial charge in [-0.2, -0.15) is 0 Å². The predicted molar refractivity (Wildman–Crippen MR) is 95.6 cm³/mol. The van der Waals surface area contributed by atoms with Crippen molar-refractivity contribution in [2.75, 3.05) is 43.4 Å². The lowest BCUT2D eigenvalue weighted by atomic mass is 10.2. The number of likely N-dealkylation sites (N-methyl/N-ethyl adjacent to an activating group) is 1. The van der Waals surface area contributed by atoms with Gasteiger partial charge in [-0.05, 0) is 55.6 Å². The summed E-state index contributed by atoms with van der Waals surface area (Å²) in [5.41, 5.74) is 2.59. The van der Waals surface area contributed by atoms with Crippen LogP contribution < -0.4 is 10.2 Å². The number of anilines is 2. The minimum absolute atomic E-state index is 0.131. The second-order valence-electron chi connectivity index (χ2n) is 5.80. The van der Waals surface area contributed by atoms with Gasteiger partial charge in [0.25, 0.3) is 5.91 Å². The second-order valence-corrected chi connectivity index (χ2v) is 6.23. The van der Waals surface area contributed by atoms with E-state index in [1.807, 2.05) is 12.1 Å². The molecule has 120 valence electrons. The summed E-state index contributed by atoms with van der Waals surface area (Å²) in [6.45, 7) is 4.23. The maximum absolute atomic E-state index is 12.2. The van der Waals surface area contributed by atoms with Crippen LogP contribution in [0.25, 0.3) is 0 Å². The van der Waals surface area contributed by atoms with E-state index in [1.54, 1.807) is 24.3 Å². The van der Waals surface area contributed by atoms with Crippen LogP contribution in [-0.2, 0) is 0 Å². The number of nitrogens with one attached hydrogen (secondary N) is 1. The minimum Gasteiger partial charge on any atom is -0.369 e. The molecule has 1 saturated heterocycles. The highest BCUT2D eigenvalue weighted by atomic mass is 35.5. The Labute approximate surface area is 141 Å². The number of benzene rings is 2. The number of hydrogen-bond donors (Lipinski definition) is 1. The fraction of sp³-hybridized carbons (Fsp3) is 0.278. The first kappa shape index (κ1) is 15.8. The van der Waals surface area contributed by atoms with Crippen LogP contribution in [0.15, 0.2) is 48.5 Å². The quantitative estimate of drug-likeness (QED) is 0.938. The van der Waals surface area contributed by atoms with Crippen LogP contribution in [0.2, 0.25) is 5.02 Å². The molecule has 0 aliphatic carbocycles. The summed E-state index contributed by atoms with van der Waals surface area (Å²) in [4.78, 5) is 16.9. The van der Waals surface area contributed by atoms with Gasteiger partial charge >= 0.3 is 0 Å². The van der Waals surface area contributed by atoms with Crippen molar-refractivity contribution in [3.05, 3.63) is 59.1 Å². The first-order chi connectivity index (χ1) is 11.1. The van der Waals surface area contributed by atoms with E-state index >= 15 is 0 Å². The van der Waals surface area contributed by atoms with Gasteiger partial charge in [0.2, 0.25) is 0 Å². The van der Waals surface area contributed by atoms with Gasteiger partial charge in [-0.1, -0.05) is 11.6 Å². The molecule has 4 nitrogen and oxygen atoms in total. The number of nitrogens with zero attached hydrogens (tertiary/aromatic N) is 2. The third-order valence-electron chi connectivity index (χ3n) is 4.10. The SMILES string of the molecule is CN1CCN(c2ccc(NC(=O)c3ccc(Cl)cc3)cc2)CC1. The maximum atomic E-state index is 12.2. The molecule has 23 heavy (non-hydrogen) atoms. The number of carbonyl (C=O) groups is 1. The standard InChI is InChI=1S/C18H20ClN3O/c1-21-10-12-22(13-11-21)17-8-6-16(7-9-17)20-18(23)14-2-4-15(19)5-3-14/h2-9H,10-13H2,1H3,(H,20,23). The topological polar surface area (TPSA) is 35.6 Å². The van der Waals surface area contributed by atoms with E-state index in [2.05, 4.69) is 34.3 Å². The van der Waals surface area contributed by atoms with Crippen molar-refractivity contribution in [2.24, 2.45) is 0 Å². The average molecular weight is 330 g/mol. The number of halogens is 1. The molecule has 0 unspecified atom stereocenters. The summed E-state index contributed by atoms with van der Waals surface area (Å²) in [6.07, 6.45) is 0. The van der Waals surface area contributed by atoms with Crippen LogP contribution in [0.5, 0.6) is 0 Å². The van der Waals surface area contributed by atoms with Crippen molar-refractivity contribution in [1.82, 2.24) is 4.90 Å². The van der Waals surface area contributed by atoms with Gasteiger partial charge in [0.05, 0.1) is 0 Å². The molecule has 0 bridgehead atoms. The Morgan fingerprint density at radius 1 is 0.957 bits per heavy atom. The molecule has 0 aromatic heterocycles. The molecule has 0 saturated carbocycles. The third-order valence-corrected chi connectivity index (χ3v) is 4.35. The Balaban J connectivity index is 1.63. The molecule has 1 N–H and O–H groups in total. The van der Waals surface area contributed by atoms with Crippen molar-refractivity contribution < 1.29 is 4.79 Å². The fourth-order valence-electron chi connectivity index (χ4n) is 2.62. The molecule has 2 aromatic carbocycles. The predicted octanol–water partition coefficient (Wildman–Crippen LogP) is 3.34. The minimum atomic E-state index is -0.131. The summed E-state index contributed by atoms with van der Waals surface area (Å²) in [5.74, 6) is -0.131. The van der Waals surface area contributed by atoms with Crippen LogP contribution in [0.1, 0.15) is 10.4 Å². The van der Waals surface area contributed by atoms with Crippen molar-refractivity contribution in [1.29, 1.82) is 0 Å². The molecular formula is C18H20ClN3O. The van der Waals surface area contributed by atoms with E-state index in [1.165, 1.54) is 5.69 Å². The molecule has 1 aliphatic rings. The summed E-state index contributed by atoms with van der Waals surface area (Å²) < 4.78 is 0. The number of piperazine rings is 1. The zero-order valence-corrected chi connectivity index (χ0v) is 13.9. The van der Waals surface area contributed by atoms with Gasteiger partial charge in [-0.15, -0.1) is 0 Å². The highest BCUT2D eigenvalue weighted by Gasteiger charge is 2.14. The Morgan fingerprint density at radius 2 is 1.57 bits per heavy atom. The highest BCUT2D eigenvalue weighted by Crippen LogP contribution is 2.20. The number of amides is 1. The van der Waals surface area contributed by atoms with Crippen molar-refractivity contribution in [2.45, 2.75) is 0 Å². The maximum Gasteiger partial charge on any atom is 0.255 e. The van der Waals surface area contributed by atoms with E-state index < -0.39 is 0 Å². The van der Waals surface area contributed by atoms with E-state index in [-0.39, 0.29) is 5.91 Å². The second kappa shape index (κ2) is 7.02. The van der Waals surface area contributed by atoms with Crippen LogP contribution in [0.3, 0.4) is 0 Å². The monoisotopic (exact) mass is 329 g/mol. The normalized spacial score (nSPS) is 15.5. The largest absolute Gasteiger partial charge is 0.369 e. The molecule has 1 amide bonds. The molecule has 5 heteroatoms. The van der Waals surface area contributed by atoms with Gasteiger partial charge < -0.3 is 15.1 Å². The van der Waals surface area contributed by atoms with Crippen molar-refractivity contribution >= 4 is 28.9 Å². The molecule has 3 rings (SSSR count). The average Bonchev–Trinajstić information content (AvgIpc) is 2.57. The van der Waals surface area contributed by atoms with E-state index in [0.29, 0.717) is 10.6 Å². The van der Waals surface area contributed by atoms with E-state index in [9.17, 15) is 4.79 Å². The highest BCUT2D eigenvalue weighted by molar-refractivity contribution is 6.30. The molecule has 1 aliphatic heterocycles. The van der Waals surface area contributed by atoms with Crippen molar-refractivity contribution in [3.63, 3.8) is 0 Å². The molecule has 2 aromatic rings. The Kier molecular flexibility index (Phi) is 4.84. The molecule has 0 atom stereocenters. The summed E-state index contributed by atoms with van der Waals surface area (Å²) in [7, 11) is 2.15. The Morgan fingerprint density at radius 3 is 2.17 bits per heavy atom. The summed E-state index contributed by atoms with van der Waals surface area (Å²) >= 11 is 5.84. The first-order valence-electron chi connectivity index (χ1n) is 7.72. The van der Waals surface area contributed by atoms with Crippen LogP contribution in [0, 0.1) is 0 Å². The van der Waals surface area contributed by atoms with Gasteiger partial charge in [0.1, 0.15) is 0 Å². The third kappa shape index (κ3) is 4.03. The lowest BCUT2D eigenvalue weighted by Crippen LogP contribution is -2.44. The van der Waals surface area contributed by atoms with Gasteiger partial charge in [0.15, 0.2) is 0 Å². The first-order valence-corrected chi connectivity index (χ1v) is 8.10. The molecule has 1 fully saturated rings. The number of rotatable bonds is 3. The van der Waals surface area contributed by atoms with Gasteiger partial charge in [-0.3, -0.25) is 4.79 Å². The van der Waals surface area contributed by atoms with Crippen LogP contribution in [0.4, 0.5) is 11.4 Å². The Bertz CT molecular complexity index is 662. The molecular weight excluding hydrogens is 310 g/mol. The summed E-state index contributed by atoms with van der Waals surface area (Å²) in [6, 6.07) is 14.9. The molecule has 0 spiro atoms. The number of hydrogen-bond acceptors (Lipinski definition) is 3. The van der Waals surface area contributed by atoms with E-state index in [4.69, 9.17) is 11.6 Å². The molecule has 1 heterocycles. The van der Waals surface area contributed by atoms with Crippen molar-refractivity contribution in [3.8, 4) is 0 Å². The lowest BCUT2D eigenvalue weighted by molar-refractivity contribution is 0.102. The van der Waals surface area contributed by atoms with Gasteiger partial charge in [0, 0.05) is 48.1 Å². The van der Waals surface area contributed by atoms with Crippen LogP contribution >= 0.6 is 11.6 Å². The van der Waals surface area contributed by atoms with Crippen LogP contribution in [-0.4, -0.2) is 44.0 Å². The Hall–Kier alpha value is -2.04. The summed E-state index contributed by atoms with van der Waals surface area (Å²) in [5, 5.41) is 3.53. The lowest BCUT2D eigenvalue weighted by Gasteiger charge is -2.34. The molecule has 0 radical (unpaired) electrons. The fourth-order valence-corrected chi connectivity index (χ4v) is 2.75.